The van der Waals surface area contributed by atoms with E-state index in [1.54, 1.807) is 30.3 Å². The summed E-state index contributed by atoms with van der Waals surface area (Å²) in [4.78, 5) is 20.4. The summed E-state index contributed by atoms with van der Waals surface area (Å²) >= 11 is 0.571. The van der Waals surface area contributed by atoms with Gasteiger partial charge in [-0.05, 0) is 29.5 Å². The lowest BCUT2D eigenvalue weighted by Crippen LogP contribution is -1.91. The van der Waals surface area contributed by atoms with Crippen molar-refractivity contribution in [3.63, 3.8) is 0 Å². The molecule has 3 rings (SSSR count). The number of fused-ring (bicyclic) bond motifs is 1. The Kier molecular flexibility index (Phi) is 3.99. The molecule has 0 atom stereocenters. The van der Waals surface area contributed by atoms with Gasteiger partial charge in [0.2, 0.25) is 5.00 Å². The molecule has 1 heterocycles. The molecule has 0 aliphatic carbocycles. The molecule has 0 bridgehead atoms. The van der Waals surface area contributed by atoms with E-state index < -0.39 is 15.5 Å². The minimum Gasteiger partial charge on any atom is -0.398 e. The molecule has 0 aliphatic heterocycles. The van der Waals surface area contributed by atoms with Crippen molar-refractivity contribution in [1.29, 1.82) is 0 Å². The highest BCUT2D eigenvalue weighted by molar-refractivity contribution is 7.19. The SMILES string of the molecule is Nc1ccc(N=Nc2sc([N+](=O)[O-])cc2[N+](=O)[O-])c2c(N)cccc12. The van der Waals surface area contributed by atoms with Gasteiger partial charge in [-0.3, -0.25) is 20.2 Å². The molecule has 0 radical (unpaired) electrons. The fourth-order valence-corrected chi connectivity index (χ4v) is 3.04. The van der Waals surface area contributed by atoms with Gasteiger partial charge in [0.25, 0.3) is 0 Å². The molecule has 0 unspecified atom stereocenters. The van der Waals surface area contributed by atoms with E-state index in [-0.39, 0.29) is 10.0 Å². The van der Waals surface area contributed by atoms with Gasteiger partial charge >= 0.3 is 10.7 Å². The Bertz CT molecular complexity index is 1050. The molecular weight excluding hydrogens is 348 g/mol. The van der Waals surface area contributed by atoms with Crippen LogP contribution in [0.5, 0.6) is 0 Å². The third-order valence-electron chi connectivity index (χ3n) is 3.39. The van der Waals surface area contributed by atoms with Crippen molar-refractivity contribution in [3.8, 4) is 0 Å². The van der Waals surface area contributed by atoms with Crippen LogP contribution in [-0.4, -0.2) is 9.85 Å². The van der Waals surface area contributed by atoms with Crippen molar-refractivity contribution >= 4 is 54.9 Å². The number of nitrogen functional groups attached to an aromatic ring is 2. The number of thiophene rings is 1. The number of hydrogen-bond donors (Lipinski definition) is 2. The van der Waals surface area contributed by atoms with Crippen LogP contribution in [0.25, 0.3) is 10.8 Å². The number of azo groups is 1. The molecule has 0 spiro atoms. The fraction of sp³-hybridized carbons (Fsp3) is 0. The number of nitrogens with two attached hydrogens (primary N) is 2. The smallest absolute Gasteiger partial charge is 0.333 e. The van der Waals surface area contributed by atoms with Gasteiger partial charge in [-0.1, -0.05) is 12.1 Å². The second-order valence-electron chi connectivity index (χ2n) is 4.93. The van der Waals surface area contributed by atoms with Crippen LogP contribution in [0.15, 0.2) is 46.6 Å². The molecule has 0 saturated heterocycles. The average molecular weight is 358 g/mol. The normalized spacial score (nSPS) is 11.2. The lowest BCUT2D eigenvalue weighted by Gasteiger charge is -2.07. The van der Waals surface area contributed by atoms with Crippen LogP contribution in [0.1, 0.15) is 0 Å². The van der Waals surface area contributed by atoms with Gasteiger partial charge in [-0.25, -0.2) is 0 Å². The highest BCUT2D eigenvalue weighted by atomic mass is 32.1. The second kappa shape index (κ2) is 6.13. The Balaban J connectivity index is 2.12. The van der Waals surface area contributed by atoms with Crippen LogP contribution < -0.4 is 11.5 Å². The molecule has 126 valence electrons. The van der Waals surface area contributed by atoms with E-state index in [1.807, 2.05) is 0 Å². The first-order valence-corrected chi connectivity index (χ1v) is 7.61. The zero-order valence-corrected chi connectivity index (χ0v) is 13.3. The fourth-order valence-electron chi connectivity index (χ4n) is 2.27. The Hall–Kier alpha value is -3.60. The van der Waals surface area contributed by atoms with E-state index in [4.69, 9.17) is 11.5 Å². The van der Waals surface area contributed by atoms with Crippen molar-refractivity contribution in [1.82, 2.24) is 0 Å². The van der Waals surface area contributed by atoms with Crippen LogP contribution in [0, 0.1) is 20.2 Å². The molecule has 3 aromatic rings. The highest BCUT2D eigenvalue weighted by Crippen LogP contribution is 2.43. The Morgan fingerprint density at radius 3 is 2.40 bits per heavy atom. The summed E-state index contributed by atoms with van der Waals surface area (Å²) in [5, 5.41) is 30.3. The van der Waals surface area contributed by atoms with Crippen molar-refractivity contribution < 1.29 is 9.85 Å². The number of rotatable bonds is 4. The van der Waals surface area contributed by atoms with Crippen LogP contribution in [-0.2, 0) is 0 Å². The quantitative estimate of drug-likeness (QED) is 0.305. The zero-order chi connectivity index (χ0) is 18.1. The number of anilines is 2. The van der Waals surface area contributed by atoms with E-state index in [2.05, 4.69) is 10.2 Å². The van der Waals surface area contributed by atoms with E-state index >= 15 is 0 Å². The van der Waals surface area contributed by atoms with Gasteiger partial charge < -0.3 is 11.5 Å². The van der Waals surface area contributed by atoms with E-state index in [9.17, 15) is 20.2 Å². The number of nitrogens with zero attached hydrogens (tertiary/aromatic N) is 4. The largest absolute Gasteiger partial charge is 0.398 e. The van der Waals surface area contributed by atoms with E-state index in [1.165, 1.54) is 0 Å². The summed E-state index contributed by atoms with van der Waals surface area (Å²) in [6.07, 6.45) is 0. The standard InChI is InChI=1S/C14H10N6O4S/c15-8-4-5-10(13-7(8)2-1-3-9(13)16)17-18-14-11(19(21)22)6-12(25-14)20(23)24/h1-6H,15-16H2. The molecule has 11 heteroatoms. The number of hydrogen-bond acceptors (Lipinski definition) is 9. The molecule has 0 aliphatic rings. The summed E-state index contributed by atoms with van der Waals surface area (Å²) in [6.45, 7) is 0. The summed E-state index contributed by atoms with van der Waals surface area (Å²) in [7, 11) is 0. The Morgan fingerprint density at radius 1 is 0.960 bits per heavy atom. The zero-order valence-electron chi connectivity index (χ0n) is 12.4. The van der Waals surface area contributed by atoms with Gasteiger partial charge in [0, 0.05) is 22.1 Å². The monoisotopic (exact) mass is 358 g/mol. The summed E-state index contributed by atoms with van der Waals surface area (Å²) in [5.74, 6) is 0. The third kappa shape index (κ3) is 2.95. The van der Waals surface area contributed by atoms with Crippen molar-refractivity contribution in [2.45, 2.75) is 0 Å². The van der Waals surface area contributed by atoms with Gasteiger partial charge in [0.1, 0.15) is 6.07 Å². The predicted molar refractivity (Wildman–Crippen MR) is 94.6 cm³/mol. The predicted octanol–water partition coefficient (Wildman–Crippen LogP) is 4.30. The maximum Gasteiger partial charge on any atom is 0.333 e. The van der Waals surface area contributed by atoms with E-state index in [0.717, 1.165) is 6.07 Å². The van der Waals surface area contributed by atoms with Gasteiger partial charge in [0.15, 0.2) is 0 Å². The maximum atomic E-state index is 11.0. The third-order valence-corrected chi connectivity index (χ3v) is 4.35. The second-order valence-corrected chi connectivity index (χ2v) is 5.94. The molecule has 4 N–H and O–H groups in total. The van der Waals surface area contributed by atoms with E-state index in [0.29, 0.717) is 39.2 Å². The minimum absolute atomic E-state index is 0.170. The van der Waals surface area contributed by atoms with Crippen LogP contribution in [0.3, 0.4) is 0 Å². The molecule has 2 aromatic carbocycles. The van der Waals surface area contributed by atoms with Crippen LogP contribution >= 0.6 is 11.3 Å². The molecular formula is C14H10N6O4S. The van der Waals surface area contributed by atoms with Crippen molar-refractivity contribution in [3.05, 3.63) is 56.6 Å². The van der Waals surface area contributed by atoms with Gasteiger partial charge in [0.05, 0.1) is 15.5 Å². The molecule has 25 heavy (non-hydrogen) atoms. The van der Waals surface area contributed by atoms with Gasteiger partial charge in [-0.15, -0.1) is 10.2 Å². The van der Waals surface area contributed by atoms with Crippen LogP contribution in [0.2, 0.25) is 0 Å². The molecule has 0 fully saturated rings. The lowest BCUT2D eigenvalue weighted by molar-refractivity contribution is -0.389. The number of nitro groups is 2. The lowest BCUT2D eigenvalue weighted by atomic mass is 10.1. The van der Waals surface area contributed by atoms with Crippen molar-refractivity contribution in [2.24, 2.45) is 10.2 Å². The molecule has 1 aromatic heterocycles. The Labute approximate surface area is 143 Å². The number of benzene rings is 2. The average Bonchev–Trinajstić information content (AvgIpc) is 3.00. The minimum atomic E-state index is -0.743. The highest BCUT2D eigenvalue weighted by Gasteiger charge is 2.25. The summed E-state index contributed by atoms with van der Waals surface area (Å²) in [5.41, 5.74) is 12.7. The Morgan fingerprint density at radius 2 is 1.72 bits per heavy atom. The maximum absolute atomic E-state index is 11.0. The molecule has 0 saturated carbocycles. The molecule has 10 nitrogen and oxygen atoms in total. The summed E-state index contributed by atoms with van der Waals surface area (Å²) in [6, 6.07) is 9.21. The van der Waals surface area contributed by atoms with Crippen molar-refractivity contribution in [2.75, 3.05) is 11.5 Å². The topological polar surface area (TPSA) is 163 Å². The summed E-state index contributed by atoms with van der Waals surface area (Å²) < 4.78 is 0. The van der Waals surface area contributed by atoms with Crippen LogP contribution in [0.4, 0.5) is 32.8 Å². The first-order valence-electron chi connectivity index (χ1n) is 6.79. The van der Waals surface area contributed by atoms with Gasteiger partial charge in [-0.2, -0.15) is 0 Å². The first-order chi connectivity index (χ1) is 11.9. The molecule has 0 amide bonds. The first kappa shape index (κ1) is 16.3.